The summed E-state index contributed by atoms with van der Waals surface area (Å²) in [4.78, 5) is 6.18. The molecule has 94 valence electrons. The van der Waals surface area contributed by atoms with Crippen molar-refractivity contribution in [2.24, 2.45) is 0 Å². The minimum atomic E-state index is 0.122. The third kappa shape index (κ3) is 3.18. The Hall–Kier alpha value is -0.650. The molecule has 0 spiro atoms. The van der Waals surface area contributed by atoms with Gasteiger partial charge < -0.3 is 9.64 Å². The molecule has 0 saturated carbocycles. The summed E-state index contributed by atoms with van der Waals surface area (Å²) in [6, 6.07) is 0. The van der Waals surface area contributed by atoms with Crippen molar-refractivity contribution in [3.05, 3.63) is 10.4 Å². The van der Waals surface area contributed by atoms with E-state index in [4.69, 9.17) is 27.9 Å². The molecule has 1 aromatic rings. The first-order valence-electron chi connectivity index (χ1n) is 5.63. The van der Waals surface area contributed by atoms with E-state index in [2.05, 4.69) is 20.1 Å². The molecule has 0 amide bonds. The molecule has 0 N–H and O–H groups in total. The molecule has 1 fully saturated rings. The van der Waals surface area contributed by atoms with E-state index >= 15 is 0 Å². The predicted octanol–water partition coefficient (Wildman–Crippen LogP) is 2.18. The fraction of sp³-hybridized carbons (Fsp3) is 0.700. The van der Waals surface area contributed by atoms with Crippen LogP contribution in [0.5, 0.6) is 0 Å². The monoisotopic (exact) mass is 276 g/mol. The molecule has 0 aliphatic carbocycles. The molecule has 0 bridgehead atoms. The van der Waals surface area contributed by atoms with Crippen molar-refractivity contribution in [1.29, 1.82) is 0 Å². The van der Waals surface area contributed by atoms with E-state index in [0.717, 1.165) is 32.5 Å². The van der Waals surface area contributed by atoms with Gasteiger partial charge in [-0.2, -0.15) is 4.98 Å². The number of halogens is 2. The first kappa shape index (κ1) is 12.8. The molecule has 2 heterocycles. The fourth-order valence-corrected chi connectivity index (χ4v) is 2.27. The average Bonchev–Trinajstić information content (AvgIpc) is 2.34. The fourth-order valence-electron chi connectivity index (χ4n) is 1.96. The maximum absolute atomic E-state index is 5.96. The number of rotatable bonds is 3. The first-order chi connectivity index (χ1) is 8.20. The van der Waals surface area contributed by atoms with Crippen LogP contribution in [0.1, 0.15) is 19.8 Å². The Balaban J connectivity index is 2.02. The van der Waals surface area contributed by atoms with Crippen molar-refractivity contribution in [3.63, 3.8) is 0 Å². The highest BCUT2D eigenvalue weighted by molar-refractivity contribution is 6.32. The Morgan fingerprint density at radius 3 is 2.65 bits per heavy atom. The van der Waals surface area contributed by atoms with Gasteiger partial charge in [-0.15, -0.1) is 10.2 Å². The van der Waals surface area contributed by atoms with E-state index in [9.17, 15) is 0 Å². The van der Waals surface area contributed by atoms with Crippen LogP contribution in [0.15, 0.2) is 0 Å². The van der Waals surface area contributed by atoms with Gasteiger partial charge in [-0.25, -0.2) is 0 Å². The highest BCUT2D eigenvalue weighted by Crippen LogP contribution is 2.25. The van der Waals surface area contributed by atoms with E-state index in [-0.39, 0.29) is 5.28 Å². The molecule has 0 atom stereocenters. The van der Waals surface area contributed by atoms with Crippen molar-refractivity contribution in [2.75, 3.05) is 24.6 Å². The standard InChI is InChI=1S/C10H14Cl2N4O/c1-2-17-7-3-5-16(6-4-7)9-8(11)14-15-10(12)13-9/h7H,2-6H2,1H3. The van der Waals surface area contributed by atoms with E-state index < -0.39 is 0 Å². The summed E-state index contributed by atoms with van der Waals surface area (Å²) >= 11 is 11.7. The van der Waals surface area contributed by atoms with E-state index in [1.54, 1.807) is 0 Å². The molecule has 1 aliphatic heterocycles. The van der Waals surface area contributed by atoms with Crippen molar-refractivity contribution in [3.8, 4) is 0 Å². The molecular formula is C10H14Cl2N4O. The van der Waals surface area contributed by atoms with Gasteiger partial charge in [0.1, 0.15) is 0 Å². The van der Waals surface area contributed by atoms with Gasteiger partial charge in [-0.1, -0.05) is 11.6 Å². The molecule has 0 radical (unpaired) electrons. The van der Waals surface area contributed by atoms with Gasteiger partial charge in [0.25, 0.3) is 0 Å². The van der Waals surface area contributed by atoms with Crippen LogP contribution in [0.25, 0.3) is 0 Å². The normalized spacial score (nSPS) is 17.5. The smallest absolute Gasteiger partial charge is 0.245 e. The van der Waals surface area contributed by atoms with E-state index in [0.29, 0.717) is 17.1 Å². The van der Waals surface area contributed by atoms with E-state index in [1.807, 2.05) is 6.92 Å². The topological polar surface area (TPSA) is 51.1 Å². The summed E-state index contributed by atoms with van der Waals surface area (Å²) < 4.78 is 5.59. The largest absolute Gasteiger partial charge is 0.378 e. The summed E-state index contributed by atoms with van der Waals surface area (Å²) in [5, 5.41) is 7.77. The SMILES string of the molecule is CCOC1CCN(c2nc(Cl)nnc2Cl)CC1. The van der Waals surface area contributed by atoms with E-state index in [1.165, 1.54) is 0 Å². The zero-order valence-corrected chi connectivity index (χ0v) is 11.1. The molecule has 0 aromatic carbocycles. The molecule has 0 unspecified atom stereocenters. The lowest BCUT2D eigenvalue weighted by Crippen LogP contribution is -2.37. The zero-order valence-electron chi connectivity index (χ0n) is 9.57. The van der Waals surface area contributed by atoms with Crippen molar-refractivity contribution >= 4 is 29.0 Å². The molecule has 1 aromatic heterocycles. The second-order valence-electron chi connectivity index (χ2n) is 3.84. The number of piperidine rings is 1. The molecule has 1 aliphatic rings. The lowest BCUT2D eigenvalue weighted by atomic mass is 10.1. The Morgan fingerprint density at radius 2 is 2.00 bits per heavy atom. The molecule has 1 saturated heterocycles. The Bertz CT molecular complexity index is 383. The van der Waals surface area contributed by atoms with Crippen molar-refractivity contribution in [1.82, 2.24) is 15.2 Å². The molecule has 17 heavy (non-hydrogen) atoms. The van der Waals surface area contributed by atoms with Crippen LogP contribution in [-0.2, 0) is 4.74 Å². The summed E-state index contributed by atoms with van der Waals surface area (Å²) in [7, 11) is 0. The second-order valence-corrected chi connectivity index (χ2v) is 4.53. The number of anilines is 1. The van der Waals surface area contributed by atoms with Gasteiger partial charge in [-0.05, 0) is 31.4 Å². The van der Waals surface area contributed by atoms with Crippen molar-refractivity contribution in [2.45, 2.75) is 25.9 Å². The second kappa shape index (κ2) is 5.80. The Labute approximate surface area is 110 Å². The molecule has 5 nitrogen and oxygen atoms in total. The number of nitrogens with zero attached hydrogens (tertiary/aromatic N) is 4. The van der Waals surface area contributed by atoms with Crippen LogP contribution >= 0.6 is 23.2 Å². The number of ether oxygens (including phenoxy) is 1. The Kier molecular flexibility index (Phi) is 4.36. The molecule has 7 heteroatoms. The maximum atomic E-state index is 5.96. The van der Waals surface area contributed by atoms with Crippen molar-refractivity contribution < 1.29 is 4.74 Å². The lowest BCUT2D eigenvalue weighted by molar-refractivity contribution is 0.0458. The quantitative estimate of drug-likeness (QED) is 0.847. The molecular weight excluding hydrogens is 263 g/mol. The van der Waals surface area contributed by atoms with Crippen LogP contribution in [0.3, 0.4) is 0 Å². The number of hydrogen-bond donors (Lipinski definition) is 0. The minimum Gasteiger partial charge on any atom is -0.378 e. The highest BCUT2D eigenvalue weighted by Gasteiger charge is 2.22. The minimum absolute atomic E-state index is 0.122. The van der Waals surface area contributed by atoms with Gasteiger partial charge in [0.15, 0.2) is 11.0 Å². The summed E-state index contributed by atoms with van der Waals surface area (Å²) in [5.74, 6) is 0.613. The van der Waals surface area contributed by atoms with Crippen LogP contribution in [-0.4, -0.2) is 41.0 Å². The summed E-state index contributed by atoms with van der Waals surface area (Å²) in [6.45, 7) is 4.46. The third-order valence-corrected chi connectivity index (χ3v) is 3.15. The zero-order chi connectivity index (χ0) is 12.3. The summed E-state index contributed by atoms with van der Waals surface area (Å²) in [6.07, 6.45) is 2.26. The van der Waals surface area contributed by atoms with Crippen LogP contribution in [0.2, 0.25) is 10.4 Å². The molecule has 2 rings (SSSR count). The number of hydrogen-bond acceptors (Lipinski definition) is 5. The van der Waals surface area contributed by atoms with Crippen LogP contribution in [0, 0.1) is 0 Å². The maximum Gasteiger partial charge on any atom is 0.245 e. The summed E-state index contributed by atoms with van der Waals surface area (Å²) in [5.41, 5.74) is 0. The van der Waals surface area contributed by atoms with Gasteiger partial charge >= 0.3 is 0 Å². The van der Waals surface area contributed by atoms with Gasteiger partial charge in [0.05, 0.1) is 6.10 Å². The lowest BCUT2D eigenvalue weighted by Gasteiger charge is -2.32. The first-order valence-corrected chi connectivity index (χ1v) is 6.38. The van der Waals surface area contributed by atoms with Gasteiger partial charge in [-0.3, -0.25) is 0 Å². The van der Waals surface area contributed by atoms with Gasteiger partial charge in [0, 0.05) is 19.7 Å². The average molecular weight is 277 g/mol. The highest BCUT2D eigenvalue weighted by atomic mass is 35.5. The predicted molar refractivity (Wildman–Crippen MR) is 66.7 cm³/mol. The van der Waals surface area contributed by atoms with Crippen LogP contribution < -0.4 is 4.90 Å². The Morgan fingerprint density at radius 1 is 1.29 bits per heavy atom. The number of aromatic nitrogens is 3. The van der Waals surface area contributed by atoms with Gasteiger partial charge in [0.2, 0.25) is 5.28 Å². The third-order valence-electron chi connectivity index (χ3n) is 2.75. The van der Waals surface area contributed by atoms with Crippen LogP contribution in [0.4, 0.5) is 5.82 Å².